The maximum atomic E-state index is 4.47. The van der Waals surface area contributed by atoms with E-state index in [2.05, 4.69) is 38.9 Å². The number of nitrogens with zero attached hydrogens (tertiary/aromatic N) is 1. The van der Waals surface area contributed by atoms with Crippen LogP contribution in [0.1, 0.15) is 27.7 Å². The van der Waals surface area contributed by atoms with Crippen LogP contribution in [0.15, 0.2) is 4.99 Å². The van der Waals surface area contributed by atoms with Crippen LogP contribution in [0.2, 0.25) is 0 Å². The van der Waals surface area contributed by atoms with Crippen LogP contribution in [0.5, 0.6) is 0 Å². The molecule has 2 heteroatoms. The zero-order chi connectivity index (χ0) is 8.15. The first-order valence-corrected chi connectivity index (χ1v) is 4.92. The number of aliphatic imine (C=N–C) groups is 1. The van der Waals surface area contributed by atoms with E-state index in [-0.39, 0.29) is 0 Å². The third kappa shape index (κ3) is 3.94. The predicted molar refractivity (Wildman–Crippen MR) is 50.9 cm³/mol. The zero-order valence-corrected chi connectivity index (χ0v) is 8.33. The molecule has 0 radical (unpaired) electrons. The van der Waals surface area contributed by atoms with E-state index in [1.54, 1.807) is 11.8 Å². The maximum absolute atomic E-state index is 4.47. The first-order chi connectivity index (χ1) is 4.57. The highest BCUT2D eigenvalue weighted by atomic mass is 32.2. The predicted octanol–water partition coefficient (Wildman–Crippen LogP) is 2.81. The molecular formula is C8H17NS. The summed E-state index contributed by atoms with van der Waals surface area (Å²) in [6.45, 7) is 8.58. The Morgan fingerprint density at radius 2 is 1.70 bits per heavy atom. The third-order valence-electron chi connectivity index (χ3n) is 1.09. The summed E-state index contributed by atoms with van der Waals surface area (Å²) in [4.78, 5) is 4.47. The molecule has 0 spiro atoms. The number of thioether (sulfide) groups is 1. The number of hydrogen-bond donors (Lipinski definition) is 0. The fourth-order valence-corrected chi connectivity index (χ4v) is 1.48. The summed E-state index contributed by atoms with van der Waals surface area (Å²) in [6, 6.07) is 0.435. The van der Waals surface area contributed by atoms with Gasteiger partial charge in [0.15, 0.2) is 0 Å². The van der Waals surface area contributed by atoms with Crippen LogP contribution in [-0.2, 0) is 0 Å². The van der Waals surface area contributed by atoms with Crippen molar-refractivity contribution in [1.29, 1.82) is 0 Å². The first kappa shape index (κ1) is 10.0. The monoisotopic (exact) mass is 159 g/mol. The topological polar surface area (TPSA) is 12.4 Å². The van der Waals surface area contributed by atoms with Crippen LogP contribution in [0.4, 0.5) is 0 Å². The molecule has 0 saturated carbocycles. The molecule has 0 heterocycles. The quantitative estimate of drug-likeness (QED) is 0.446. The van der Waals surface area contributed by atoms with Gasteiger partial charge in [0, 0.05) is 12.0 Å². The molecule has 0 aromatic heterocycles. The molecular weight excluding hydrogens is 142 g/mol. The summed E-state index contributed by atoms with van der Waals surface area (Å²) >= 11 is 1.76. The summed E-state index contributed by atoms with van der Waals surface area (Å²) in [5.74, 6) is 0.581. The second-order valence-corrected chi connectivity index (χ2v) is 3.75. The Morgan fingerprint density at radius 1 is 1.20 bits per heavy atom. The van der Waals surface area contributed by atoms with Gasteiger partial charge in [-0.1, -0.05) is 13.8 Å². The molecule has 0 bridgehead atoms. The van der Waals surface area contributed by atoms with E-state index in [1.807, 2.05) is 0 Å². The van der Waals surface area contributed by atoms with Crippen molar-refractivity contribution in [2.75, 3.05) is 6.26 Å². The second kappa shape index (κ2) is 4.78. The molecule has 1 nitrogen and oxygen atoms in total. The van der Waals surface area contributed by atoms with Crippen molar-refractivity contribution in [2.45, 2.75) is 33.7 Å². The number of hydrogen-bond acceptors (Lipinski definition) is 2. The molecule has 10 heavy (non-hydrogen) atoms. The van der Waals surface area contributed by atoms with Crippen molar-refractivity contribution in [1.82, 2.24) is 0 Å². The highest BCUT2D eigenvalue weighted by Crippen LogP contribution is 2.10. The van der Waals surface area contributed by atoms with Crippen LogP contribution in [0.25, 0.3) is 0 Å². The van der Waals surface area contributed by atoms with Gasteiger partial charge in [0.25, 0.3) is 0 Å². The van der Waals surface area contributed by atoms with Gasteiger partial charge in [0.2, 0.25) is 0 Å². The van der Waals surface area contributed by atoms with Crippen LogP contribution >= 0.6 is 11.8 Å². The van der Waals surface area contributed by atoms with Gasteiger partial charge < -0.3 is 0 Å². The van der Waals surface area contributed by atoms with Gasteiger partial charge in [0.05, 0.1) is 5.04 Å². The Kier molecular flexibility index (Phi) is 4.79. The summed E-state index contributed by atoms with van der Waals surface area (Å²) in [6.07, 6.45) is 2.08. The van der Waals surface area contributed by atoms with Gasteiger partial charge in [-0.05, 0) is 20.1 Å². The normalized spacial score (nSPS) is 13.3. The average molecular weight is 159 g/mol. The summed E-state index contributed by atoms with van der Waals surface area (Å²) in [7, 11) is 0. The van der Waals surface area contributed by atoms with Gasteiger partial charge in [-0.25, -0.2) is 0 Å². The maximum Gasteiger partial charge on any atom is 0.0701 e. The highest BCUT2D eigenvalue weighted by molar-refractivity contribution is 8.13. The lowest BCUT2D eigenvalue weighted by Crippen LogP contribution is -2.05. The van der Waals surface area contributed by atoms with Crippen LogP contribution in [-0.4, -0.2) is 17.3 Å². The van der Waals surface area contributed by atoms with Crippen molar-refractivity contribution in [3.05, 3.63) is 0 Å². The Balaban J connectivity index is 4.04. The van der Waals surface area contributed by atoms with Crippen molar-refractivity contribution in [3.63, 3.8) is 0 Å². The molecule has 60 valence electrons. The smallest absolute Gasteiger partial charge is 0.0701 e. The van der Waals surface area contributed by atoms with Crippen molar-refractivity contribution in [3.8, 4) is 0 Å². The molecule has 0 atom stereocenters. The Morgan fingerprint density at radius 3 is 1.80 bits per heavy atom. The molecule has 0 N–H and O–H groups in total. The lowest BCUT2D eigenvalue weighted by molar-refractivity contribution is 0.808. The molecule has 0 aromatic rings. The molecule has 0 rings (SSSR count). The Labute approximate surface area is 68.3 Å². The highest BCUT2D eigenvalue weighted by Gasteiger charge is 2.02. The lowest BCUT2D eigenvalue weighted by atomic mass is 10.2. The van der Waals surface area contributed by atoms with Gasteiger partial charge in [-0.15, -0.1) is 11.8 Å². The largest absolute Gasteiger partial charge is 0.280 e. The van der Waals surface area contributed by atoms with E-state index in [1.165, 1.54) is 5.04 Å². The lowest BCUT2D eigenvalue weighted by Gasteiger charge is -2.07. The fraction of sp³-hybridized carbons (Fsp3) is 0.875. The minimum atomic E-state index is 0.435. The molecule has 0 unspecified atom stereocenters. The molecule has 0 aromatic carbocycles. The third-order valence-corrected chi connectivity index (χ3v) is 2.08. The first-order valence-electron chi connectivity index (χ1n) is 3.69. The molecule has 0 amide bonds. The zero-order valence-electron chi connectivity index (χ0n) is 7.51. The van der Waals surface area contributed by atoms with Gasteiger partial charge in [-0.3, -0.25) is 4.99 Å². The fourth-order valence-electron chi connectivity index (χ4n) is 0.692. The standard InChI is InChI=1S/C8H17NS/c1-6(2)8(10-5)9-7(3)4/h6-7H,1-5H3. The molecule has 0 saturated heterocycles. The van der Waals surface area contributed by atoms with E-state index in [4.69, 9.17) is 0 Å². The van der Waals surface area contributed by atoms with Crippen molar-refractivity contribution >= 4 is 16.8 Å². The molecule has 0 aliphatic rings. The van der Waals surface area contributed by atoms with E-state index in [0.29, 0.717) is 12.0 Å². The van der Waals surface area contributed by atoms with Crippen LogP contribution < -0.4 is 0 Å². The number of rotatable bonds is 2. The van der Waals surface area contributed by atoms with Crippen LogP contribution in [0.3, 0.4) is 0 Å². The minimum Gasteiger partial charge on any atom is -0.280 e. The van der Waals surface area contributed by atoms with Crippen molar-refractivity contribution < 1.29 is 0 Å². The van der Waals surface area contributed by atoms with E-state index in [9.17, 15) is 0 Å². The molecule has 0 aliphatic heterocycles. The van der Waals surface area contributed by atoms with E-state index in [0.717, 1.165) is 0 Å². The van der Waals surface area contributed by atoms with Gasteiger partial charge >= 0.3 is 0 Å². The summed E-state index contributed by atoms with van der Waals surface area (Å²) < 4.78 is 0. The van der Waals surface area contributed by atoms with Gasteiger partial charge in [-0.2, -0.15) is 0 Å². The molecule has 0 fully saturated rings. The summed E-state index contributed by atoms with van der Waals surface area (Å²) in [5.41, 5.74) is 0. The Bertz CT molecular complexity index is 116. The van der Waals surface area contributed by atoms with Crippen molar-refractivity contribution in [2.24, 2.45) is 10.9 Å². The molecule has 0 aliphatic carbocycles. The van der Waals surface area contributed by atoms with E-state index >= 15 is 0 Å². The SMILES string of the molecule is CSC(=NC(C)C)C(C)C. The van der Waals surface area contributed by atoms with E-state index < -0.39 is 0 Å². The minimum absolute atomic E-state index is 0.435. The van der Waals surface area contributed by atoms with Gasteiger partial charge in [0.1, 0.15) is 0 Å². The Hall–Kier alpha value is 0.0200. The van der Waals surface area contributed by atoms with Crippen LogP contribution in [0, 0.1) is 5.92 Å². The average Bonchev–Trinajstić information content (AvgIpc) is 1.81. The second-order valence-electron chi connectivity index (χ2n) is 2.92. The summed E-state index contributed by atoms with van der Waals surface area (Å²) in [5, 5.41) is 1.26.